The molecule has 2 atom stereocenters. The van der Waals surface area contributed by atoms with Gasteiger partial charge in [-0.05, 0) is 80.9 Å². The predicted molar refractivity (Wildman–Crippen MR) is 110 cm³/mol. The molecule has 3 N–H and O–H groups in total. The summed E-state index contributed by atoms with van der Waals surface area (Å²) in [5.41, 5.74) is 5.25. The number of hydrogen-bond acceptors (Lipinski definition) is 4. The number of carbonyl (C=O) groups is 2. The fraction of sp³-hybridized carbons (Fsp3) is 0.636. The van der Waals surface area contributed by atoms with Gasteiger partial charge in [-0.15, -0.1) is 0 Å². The van der Waals surface area contributed by atoms with Crippen molar-refractivity contribution in [2.75, 3.05) is 6.54 Å². The number of rotatable bonds is 7. The highest BCUT2D eigenvalue weighted by Gasteiger charge is 2.58. The topological polar surface area (TPSA) is 110 Å². The first kappa shape index (κ1) is 21.8. The minimum Gasteiger partial charge on any atom is -0.369 e. The lowest BCUT2D eigenvalue weighted by Crippen LogP contribution is -2.62. The van der Waals surface area contributed by atoms with E-state index in [9.17, 15) is 26.8 Å². The van der Waals surface area contributed by atoms with Crippen molar-refractivity contribution in [1.82, 2.24) is 9.62 Å². The zero-order chi connectivity index (χ0) is 22.8. The van der Waals surface area contributed by atoms with E-state index < -0.39 is 33.0 Å². The minimum atomic E-state index is -4.15. The quantitative estimate of drug-likeness (QED) is 0.638. The summed E-state index contributed by atoms with van der Waals surface area (Å²) < 4.78 is 54.2. The van der Waals surface area contributed by atoms with Crippen molar-refractivity contribution in [2.24, 2.45) is 28.9 Å². The zero-order valence-electron chi connectivity index (χ0n) is 17.6. The molecule has 0 aliphatic heterocycles. The van der Waals surface area contributed by atoms with Gasteiger partial charge in [-0.1, -0.05) is 0 Å². The number of amides is 2. The van der Waals surface area contributed by atoms with E-state index >= 15 is 0 Å². The Labute approximate surface area is 185 Å². The third-order valence-electron chi connectivity index (χ3n) is 7.87. The van der Waals surface area contributed by atoms with Crippen LogP contribution in [-0.2, 0) is 19.6 Å². The third kappa shape index (κ3) is 3.61. The lowest BCUT2D eigenvalue weighted by Gasteiger charge is -2.58. The number of nitrogens with zero attached hydrogens (tertiary/aromatic N) is 1. The van der Waals surface area contributed by atoms with Gasteiger partial charge in [0.15, 0.2) is 11.6 Å². The van der Waals surface area contributed by atoms with Gasteiger partial charge in [0.25, 0.3) is 0 Å². The lowest BCUT2D eigenvalue weighted by molar-refractivity contribution is -0.147. The first-order valence-electron chi connectivity index (χ1n) is 11.2. The summed E-state index contributed by atoms with van der Waals surface area (Å²) >= 11 is 0. The lowest BCUT2D eigenvalue weighted by atomic mass is 9.47. The van der Waals surface area contributed by atoms with Gasteiger partial charge >= 0.3 is 0 Å². The van der Waals surface area contributed by atoms with Crippen molar-refractivity contribution in [1.29, 1.82) is 0 Å². The minimum absolute atomic E-state index is 0.0986. The molecule has 0 aromatic heterocycles. The molecule has 7 nitrogen and oxygen atoms in total. The number of halogens is 2. The number of benzene rings is 1. The molecule has 10 heteroatoms. The van der Waals surface area contributed by atoms with Crippen LogP contribution < -0.4 is 11.1 Å². The molecule has 5 fully saturated rings. The Kier molecular flexibility index (Phi) is 5.09. The Balaban J connectivity index is 1.31. The fourth-order valence-electron chi connectivity index (χ4n) is 6.48. The molecule has 0 saturated heterocycles. The second-order valence-electron chi connectivity index (χ2n) is 10.1. The van der Waals surface area contributed by atoms with Crippen LogP contribution in [0.5, 0.6) is 0 Å². The van der Waals surface area contributed by atoms with Gasteiger partial charge < -0.3 is 11.1 Å². The summed E-state index contributed by atoms with van der Waals surface area (Å²) in [5, 5.41) is 3.04. The van der Waals surface area contributed by atoms with Crippen LogP contribution in [0.4, 0.5) is 8.78 Å². The van der Waals surface area contributed by atoms with Crippen molar-refractivity contribution >= 4 is 21.8 Å². The molecule has 2 amide bonds. The van der Waals surface area contributed by atoms with Crippen LogP contribution in [0.1, 0.15) is 44.9 Å². The first-order chi connectivity index (χ1) is 15.1. The molecular weight excluding hydrogens is 440 g/mol. The summed E-state index contributed by atoms with van der Waals surface area (Å²) in [4.78, 5) is 24.7. The van der Waals surface area contributed by atoms with Crippen LogP contribution in [0.25, 0.3) is 0 Å². The number of nitrogens with two attached hydrogens (primary N) is 1. The Morgan fingerprint density at radius 3 is 2.31 bits per heavy atom. The molecule has 0 spiro atoms. The molecule has 0 heterocycles. The molecule has 0 radical (unpaired) electrons. The second kappa shape index (κ2) is 7.48. The highest BCUT2D eigenvalue weighted by atomic mass is 32.2. The van der Waals surface area contributed by atoms with E-state index in [1.165, 1.54) is 0 Å². The van der Waals surface area contributed by atoms with Crippen LogP contribution in [-0.4, -0.2) is 43.2 Å². The van der Waals surface area contributed by atoms with Crippen molar-refractivity contribution in [2.45, 2.75) is 61.9 Å². The van der Waals surface area contributed by atoms with E-state index in [-0.39, 0.29) is 41.3 Å². The average molecular weight is 468 g/mol. The summed E-state index contributed by atoms with van der Waals surface area (Å²) in [6.07, 6.45) is 5.28. The van der Waals surface area contributed by atoms with Gasteiger partial charge in [-0.2, -0.15) is 4.31 Å². The van der Waals surface area contributed by atoms with Crippen LogP contribution in [0.3, 0.4) is 0 Å². The molecule has 1 aromatic carbocycles. The molecule has 1 aromatic rings. The summed E-state index contributed by atoms with van der Waals surface area (Å²) in [6, 6.07) is 2.02. The largest absolute Gasteiger partial charge is 0.369 e. The van der Waals surface area contributed by atoms with Crippen molar-refractivity contribution < 1.29 is 26.8 Å². The third-order valence-corrected chi connectivity index (χ3v) is 9.77. The van der Waals surface area contributed by atoms with Gasteiger partial charge in [0.05, 0.1) is 11.4 Å². The van der Waals surface area contributed by atoms with Crippen LogP contribution in [0.2, 0.25) is 0 Å². The maximum atomic E-state index is 13.6. The van der Waals surface area contributed by atoms with E-state index in [2.05, 4.69) is 5.32 Å². The molecule has 6 rings (SSSR count). The van der Waals surface area contributed by atoms with Crippen molar-refractivity contribution in [3.63, 3.8) is 0 Å². The summed E-state index contributed by atoms with van der Waals surface area (Å²) in [5.74, 6) is -2.26. The molecule has 5 aliphatic rings. The average Bonchev–Trinajstić information content (AvgIpc) is 3.55. The number of carbonyl (C=O) groups excluding carboxylic acids is 2. The zero-order valence-corrected chi connectivity index (χ0v) is 18.4. The van der Waals surface area contributed by atoms with Gasteiger partial charge in [-0.25, -0.2) is 17.2 Å². The molecule has 32 heavy (non-hydrogen) atoms. The number of hydrogen-bond donors (Lipinski definition) is 2. The fourth-order valence-corrected chi connectivity index (χ4v) is 8.13. The van der Waals surface area contributed by atoms with Crippen LogP contribution >= 0.6 is 0 Å². The standard InChI is InChI=1S/C22H27F2N3O4S/c23-17-4-3-16(7-18(17)24)32(30,31)27(15-1-2-15)11-19(28)26-20-13-5-12-6-14(20)10-22(8-12,9-13)21(25)29/h3-4,7,12-15,20H,1-2,5-6,8-11H2,(H2,25,29)(H,26,28). The number of primary amides is 1. The number of sulfonamides is 1. The Bertz CT molecular complexity index is 1060. The predicted octanol–water partition coefficient (Wildman–Crippen LogP) is 1.91. The van der Waals surface area contributed by atoms with Gasteiger partial charge in [-0.3, -0.25) is 9.59 Å². The van der Waals surface area contributed by atoms with Gasteiger partial charge in [0.2, 0.25) is 21.8 Å². The summed E-state index contributed by atoms with van der Waals surface area (Å²) in [7, 11) is -4.15. The molecule has 2 unspecified atom stereocenters. The van der Waals surface area contributed by atoms with Crippen molar-refractivity contribution in [3.8, 4) is 0 Å². The molecular formula is C22H27F2N3O4S. The number of nitrogens with one attached hydrogen (secondary N) is 1. The molecule has 4 bridgehead atoms. The highest BCUT2D eigenvalue weighted by Crippen LogP contribution is 2.59. The van der Waals surface area contributed by atoms with Gasteiger partial charge in [0, 0.05) is 17.5 Å². The van der Waals surface area contributed by atoms with E-state index in [0.717, 1.165) is 35.7 Å². The second-order valence-corrected chi connectivity index (χ2v) is 12.0. The van der Waals surface area contributed by atoms with Crippen LogP contribution in [0, 0.1) is 34.8 Å². The van der Waals surface area contributed by atoms with Gasteiger partial charge in [0.1, 0.15) is 0 Å². The van der Waals surface area contributed by atoms with Crippen LogP contribution in [0.15, 0.2) is 23.1 Å². The van der Waals surface area contributed by atoms with E-state index in [0.29, 0.717) is 37.7 Å². The van der Waals surface area contributed by atoms with E-state index in [1.54, 1.807) is 0 Å². The highest BCUT2D eigenvalue weighted by molar-refractivity contribution is 7.89. The Morgan fingerprint density at radius 2 is 1.75 bits per heavy atom. The molecule has 5 aliphatic carbocycles. The molecule has 5 saturated carbocycles. The van der Waals surface area contributed by atoms with E-state index in [4.69, 9.17) is 5.73 Å². The Hall–Kier alpha value is -2.07. The van der Waals surface area contributed by atoms with E-state index in [1.807, 2.05) is 0 Å². The monoisotopic (exact) mass is 467 g/mol. The summed E-state index contributed by atoms with van der Waals surface area (Å²) in [6.45, 7) is -0.369. The Morgan fingerprint density at radius 1 is 1.09 bits per heavy atom. The smallest absolute Gasteiger partial charge is 0.243 e. The first-order valence-corrected chi connectivity index (χ1v) is 12.6. The normalized spacial score (nSPS) is 33.5. The molecule has 174 valence electrons. The van der Waals surface area contributed by atoms with Crippen molar-refractivity contribution in [3.05, 3.63) is 29.8 Å². The maximum Gasteiger partial charge on any atom is 0.243 e. The SMILES string of the molecule is NC(=O)C12CC3CC(C1)C(NC(=O)CN(C1CC1)S(=O)(=O)c1ccc(F)c(F)c1)C(C3)C2. The maximum absolute atomic E-state index is 13.6.